The Kier molecular flexibility index (Phi) is 7.08. The van der Waals surface area contributed by atoms with Crippen molar-refractivity contribution in [3.05, 3.63) is 103 Å². The number of anilines is 2. The second-order valence-corrected chi connectivity index (χ2v) is 11.6. The summed E-state index contributed by atoms with van der Waals surface area (Å²) in [6.45, 7) is -0.297. The molecule has 42 heavy (non-hydrogen) atoms. The van der Waals surface area contributed by atoms with Gasteiger partial charge in [-0.3, -0.25) is 38.8 Å². The molecule has 1 saturated heterocycles. The standard InChI is InChI=1S/C28H21N5O7S2/c1-40-19-10-4-16(5-11-19)30-20(34)14-31-27-24(42-28(31)37)21(15-3-2-12-29-13-15)22-23(41-27)26(36)32(25(22)35)17-6-8-18(9-7-17)33(38)39/h2-13,21-23H,14H2,1H3,(H,30,34)/t21-,22+,23-/m0/s1. The van der Waals surface area contributed by atoms with Gasteiger partial charge in [0.1, 0.15) is 17.5 Å². The van der Waals surface area contributed by atoms with Crippen LogP contribution in [-0.4, -0.2) is 44.6 Å². The topological polar surface area (TPSA) is 154 Å². The third-order valence-corrected chi connectivity index (χ3v) is 9.69. The second-order valence-electron chi connectivity index (χ2n) is 9.51. The number of nitrogens with one attached hydrogen (secondary N) is 1. The summed E-state index contributed by atoms with van der Waals surface area (Å²) in [6, 6.07) is 15.4. The van der Waals surface area contributed by atoms with Gasteiger partial charge in [0.05, 0.1) is 28.7 Å². The number of imide groups is 1. The first-order valence-electron chi connectivity index (χ1n) is 12.6. The Bertz CT molecular complexity index is 1770. The van der Waals surface area contributed by atoms with E-state index >= 15 is 0 Å². The number of nitro groups is 1. The molecule has 0 unspecified atom stereocenters. The molecular weight excluding hydrogens is 582 g/mol. The van der Waals surface area contributed by atoms with Gasteiger partial charge in [-0.25, -0.2) is 4.90 Å². The number of rotatable bonds is 7. The highest BCUT2D eigenvalue weighted by Crippen LogP contribution is 2.53. The van der Waals surface area contributed by atoms with Gasteiger partial charge in [0.2, 0.25) is 17.7 Å². The molecule has 14 heteroatoms. The Morgan fingerprint density at radius 3 is 2.45 bits per heavy atom. The number of ether oxygens (including phenoxy) is 1. The zero-order valence-electron chi connectivity index (χ0n) is 21.8. The molecule has 212 valence electrons. The van der Waals surface area contributed by atoms with E-state index in [-0.39, 0.29) is 17.9 Å². The highest BCUT2D eigenvalue weighted by atomic mass is 32.2. The van der Waals surface area contributed by atoms with Gasteiger partial charge in [0.25, 0.3) is 5.69 Å². The number of aromatic nitrogens is 2. The molecule has 0 saturated carbocycles. The van der Waals surface area contributed by atoms with Gasteiger partial charge in [0.15, 0.2) is 0 Å². The van der Waals surface area contributed by atoms with Gasteiger partial charge in [-0.2, -0.15) is 0 Å². The van der Waals surface area contributed by atoms with Crippen molar-refractivity contribution in [3.8, 4) is 5.75 Å². The van der Waals surface area contributed by atoms with Crippen LogP contribution < -0.4 is 19.8 Å². The Balaban J connectivity index is 1.36. The SMILES string of the molecule is COc1ccc(NC(=O)Cn2c3c(sc2=O)[C@@H](c2cccnc2)[C@H]2C(=O)N(c4ccc([N+](=O)[O-])cc4)C(=O)[C@H]2S3)cc1. The van der Waals surface area contributed by atoms with Gasteiger partial charge >= 0.3 is 4.87 Å². The van der Waals surface area contributed by atoms with Gasteiger partial charge < -0.3 is 10.1 Å². The molecule has 2 aliphatic rings. The van der Waals surface area contributed by atoms with E-state index in [2.05, 4.69) is 10.3 Å². The van der Waals surface area contributed by atoms with Crippen LogP contribution in [0.1, 0.15) is 16.4 Å². The third kappa shape index (κ3) is 4.73. The summed E-state index contributed by atoms with van der Waals surface area (Å²) >= 11 is 2.01. The van der Waals surface area contributed by atoms with E-state index < -0.39 is 44.6 Å². The molecule has 12 nitrogen and oxygen atoms in total. The van der Waals surface area contributed by atoms with Crippen molar-refractivity contribution in [3.63, 3.8) is 0 Å². The van der Waals surface area contributed by atoms with Crippen LogP contribution in [-0.2, 0) is 20.9 Å². The van der Waals surface area contributed by atoms with Crippen LogP contribution in [0.5, 0.6) is 5.75 Å². The number of benzene rings is 2. The van der Waals surface area contributed by atoms with E-state index in [1.54, 1.807) is 48.8 Å². The number of methoxy groups -OCH3 is 1. The second kappa shape index (κ2) is 10.9. The smallest absolute Gasteiger partial charge is 0.308 e. The van der Waals surface area contributed by atoms with Crippen molar-refractivity contribution in [2.75, 3.05) is 17.3 Å². The Hall–Kier alpha value is -4.82. The number of thiazole rings is 1. The lowest BCUT2D eigenvalue weighted by Crippen LogP contribution is -2.33. The molecule has 0 spiro atoms. The summed E-state index contributed by atoms with van der Waals surface area (Å²) in [6.07, 6.45) is 3.18. The van der Waals surface area contributed by atoms with E-state index in [1.165, 1.54) is 35.9 Å². The van der Waals surface area contributed by atoms with E-state index in [0.29, 0.717) is 26.9 Å². The molecule has 3 amide bonds. The molecule has 2 aromatic heterocycles. The lowest BCUT2D eigenvalue weighted by Gasteiger charge is -2.30. The van der Waals surface area contributed by atoms with E-state index in [0.717, 1.165) is 28.0 Å². The minimum Gasteiger partial charge on any atom is -0.497 e. The molecule has 2 aliphatic heterocycles. The van der Waals surface area contributed by atoms with Gasteiger partial charge in [-0.1, -0.05) is 29.2 Å². The number of non-ortho nitro benzene ring substituents is 1. The molecule has 1 N–H and O–H groups in total. The molecule has 4 heterocycles. The van der Waals surface area contributed by atoms with Crippen molar-refractivity contribution < 1.29 is 24.0 Å². The lowest BCUT2D eigenvalue weighted by atomic mass is 9.84. The summed E-state index contributed by atoms with van der Waals surface area (Å²) in [5, 5.41) is 13.4. The predicted molar refractivity (Wildman–Crippen MR) is 155 cm³/mol. The number of pyridine rings is 1. The maximum atomic E-state index is 13.9. The van der Waals surface area contributed by atoms with Gasteiger partial charge in [-0.05, 0) is 48.0 Å². The van der Waals surface area contributed by atoms with Crippen molar-refractivity contribution in [2.24, 2.45) is 5.92 Å². The van der Waals surface area contributed by atoms with Crippen LogP contribution in [0, 0.1) is 16.0 Å². The monoisotopic (exact) mass is 603 g/mol. The van der Waals surface area contributed by atoms with Crippen LogP contribution in [0.2, 0.25) is 0 Å². The zero-order chi connectivity index (χ0) is 29.5. The molecule has 0 bridgehead atoms. The normalized spacial score (nSPS) is 19.3. The molecule has 6 rings (SSSR count). The fourth-order valence-corrected chi connectivity index (χ4v) is 7.94. The number of fused-ring (bicyclic) bond motifs is 2. The van der Waals surface area contributed by atoms with Crippen LogP contribution >= 0.6 is 23.1 Å². The highest BCUT2D eigenvalue weighted by Gasteiger charge is 2.57. The summed E-state index contributed by atoms with van der Waals surface area (Å²) in [4.78, 5) is 69.8. The first kappa shape index (κ1) is 27.4. The van der Waals surface area contributed by atoms with Gasteiger partial charge in [0, 0.05) is 41.0 Å². The fourth-order valence-electron chi connectivity index (χ4n) is 5.17. The fraction of sp³-hybridized carbons (Fsp3) is 0.179. The lowest BCUT2D eigenvalue weighted by molar-refractivity contribution is -0.384. The van der Waals surface area contributed by atoms with E-state index in [4.69, 9.17) is 4.74 Å². The number of hydrogen-bond acceptors (Lipinski definition) is 10. The quantitative estimate of drug-likeness (QED) is 0.189. The maximum absolute atomic E-state index is 13.9. The average molecular weight is 604 g/mol. The number of thioether (sulfide) groups is 1. The van der Waals surface area contributed by atoms with Crippen LogP contribution in [0.3, 0.4) is 0 Å². The number of nitrogens with zero attached hydrogens (tertiary/aromatic N) is 4. The van der Waals surface area contributed by atoms with Crippen LogP contribution in [0.15, 0.2) is 82.9 Å². The van der Waals surface area contributed by atoms with Crippen molar-refractivity contribution >= 4 is 57.9 Å². The summed E-state index contributed by atoms with van der Waals surface area (Å²) < 4.78 is 6.47. The van der Waals surface area contributed by atoms with Crippen molar-refractivity contribution in [1.82, 2.24) is 9.55 Å². The largest absolute Gasteiger partial charge is 0.497 e. The molecule has 4 aromatic rings. The molecule has 0 aliphatic carbocycles. The Morgan fingerprint density at radius 1 is 1.07 bits per heavy atom. The number of carbonyl (C=O) groups excluding carboxylic acids is 3. The average Bonchev–Trinajstić information content (AvgIpc) is 3.44. The number of amides is 3. The highest BCUT2D eigenvalue weighted by molar-refractivity contribution is 8.00. The molecule has 0 radical (unpaired) electrons. The predicted octanol–water partition coefficient (Wildman–Crippen LogP) is 3.66. The third-order valence-electron chi connectivity index (χ3n) is 7.09. The first-order valence-corrected chi connectivity index (χ1v) is 14.3. The van der Waals surface area contributed by atoms with E-state index in [1.807, 2.05) is 0 Å². The summed E-state index contributed by atoms with van der Waals surface area (Å²) in [5.41, 5.74) is 1.22. The summed E-state index contributed by atoms with van der Waals surface area (Å²) in [7, 11) is 1.54. The van der Waals surface area contributed by atoms with Crippen molar-refractivity contribution in [1.29, 1.82) is 0 Å². The van der Waals surface area contributed by atoms with Crippen LogP contribution in [0.4, 0.5) is 17.1 Å². The first-order chi connectivity index (χ1) is 20.3. The van der Waals surface area contributed by atoms with Gasteiger partial charge in [-0.15, -0.1) is 0 Å². The molecule has 1 fully saturated rings. The summed E-state index contributed by atoms with van der Waals surface area (Å²) in [5.74, 6) is -2.31. The molecule has 3 atom stereocenters. The number of nitro benzene ring substituents is 1. The minimum absolute atomic E-state index is 0.169. The Labute approximate surface area is 246 Å². The molecular formula is C28H21N5O7S2. The Morgan fingerprint density at radius 2 is 1.81 bits per heavy atom. The van der Waals surface area contributed by atoms with Crippen molar-refractivity contribution in [2.45, 2.75) is 22.7 Å². The van der Waals surface area contributed by atoms with Crippen LogP contribution in [0.25, 0.3) is 0 Å². The van der Waals surface area contributed by atoms with E-state index in [9.17, 15) is 29.3 Å². The number of hydrogen-bond donors (Lipinski definition) is 1. The zero-order valence-corrected chi connectivity index (χ0v) is 23.5. The molecule has 2 aromatic carbocycles. The minimum atomic E-state index is -0.893. The maximum Gasteiger partial charge on any atom is 0.308 e. The number of carbonyl (C=O) groups is 3.